The van der Waals surface area contributed by atoms with Crippen molar-refractivity contribution in [2.24, 2.45) is 0 Å². The monoisotopic (exact) mass is 200 g/mol. The van der Waals surface area contributed by atoms with E-state index in [4.69, 9.17) is 27.3 Å². The number of aliphatic hydroxyl groups is 1. The summed E-state index contributed by atoms with van der Waals surface area (Å²) in [6.45, 7) is 2.92. The molecule has 0 rings (SSSR count). The van der Waals surface area contributed by atoms with Gasteiger partial charge in [0.25, 0.3) is 0 Å². The van der Waals surface area contributed by atoms with E-state index in [9.17, 15) is 4.79 Å². The Morgan fingerprint density at radius 3 is 2.00 bits per heavy atom. The number of ketones is 1. The SMILES string of the molecule is CC(=O)C(C(C)O)[SiH](Cl)Cl. The van der Waals surface area contributed by atoms with Gasteiger partial charge in [-0.05, 0) is 13.8 Å². The first kappa shape index (κ1) is 10.4. The lowest BCUT2D eigenvalue weighted by Crippen LogP contribution is -2.26. The molecule has 1 N–H and O–H groups in total. The molecule has 2 unspecified atom stereocenters. The second kappa shape index (κ2) is 4.33. The first-order chi connectivity index (χ1) is 4.46. The van der Waals surface area contributed by atoms with E-state index in [0.29, 0.717) is 0 Å². The average molecular weight is 201 g/mol. The molecule has 2 atom stereocenters. The number of carbonyl (C=O) groups is 1. The fraction of sp³-hybridized carbons (Fsp3) is 0.800. The Labute approximate surface area is 71.1 Å². The average Bonchev–Trinajstić information content (AvgIpc) is 1.59. The molecule has 60 valence electrons. The maximum absolute atomic E-state index is 10.7. The van der Waals surface area contributed by atoms with Gasteiger partial charge in [-0.3, -0.25) is 4.79 Å². The Hall–Kier alpha value is 0.427. The molecule has 0 aromatic rings. The van der Waals surface area contributed by atoms with E-state index in [1.165, 1.54) is 13.8 Å². The molecule has 0 heterocycles. The highest BCUT2D eigenvalue weighted by Crippen LogP contribution is 2.21. The second-order valence-electron chi connectivity index (χ2n) is 2.21. The maximum atomic E-state index is 10.7. The first-order valence-electron chi connectivity index (χ1n) is 2.93. The van der Waals surface area contributed by atoms with Crippen LogP contribution in [0.4, 0.5) is 0 Å². The summed E-state index contributed by atoms with van der Waals surface area (Å²) in [5.74, 6) is -0.128. The van der Waals surface area contributed by atoms with Gasteiger partial charge in [0, 0.05) is 0 Å². The Morgan fingerprint density at radius 2 is 2.00 bits per heavy atom. The van der Waals surface area contributed by atoms with E-state index >= 15 is 0 Å². The quantitative estimate of drug-likeness (QED) is 0.546. The standard InChI is InChI=1S/C5H10Cl2O2Si/c1-3(8)5(4(2)9)10(6)7/h3,5,8,10H,1-2H3. The van der Waals surface area contributed by atoms with Crippen LogP contribution in [0.2, 0.25) is 5.54 Å². The van der Waals surface area contributed by atoms with E-state index in [1.54, 1.807) is 0 Å². The number of aliphatic hydroxyl groups excluding tert-OH is 1. The number of hydrogen-bond acceptors (Lipinski definition) is 2. The normalized spacial score (nSPS) is 17.0. The third-order valence-corrected chi connectivity index (χ3v) is 4.46. The van der Waals surface area contributed by atoms with Crippen molar-refractivity contribution in [1.82, 2.24) is 0 Å². The summed E-state index contributed by atoms with van der Waals surface area (Å²) in [5.41, 5.74) is -0.525. The van der Waals surface area contributed by atoms with Gasteiger partial charge in [0.05, 0.1) is 11.6 Å². The molecule has 0 saturated carbocycles. The summed E-state index contributed by atoms with van der Waals surface area (Å²) in [6.07, 6.45) is -0.718. The highest BCUT2D eigenvalue weighted by Gasteiger charge is 2.28. The van der Waals surface area contributed by atoms with Crippen molar-refractivity contribution >= 4 is 35.4 Å². The molecule has 0 aromatic heterocycles. The second-order valence-corrected chi connectivity index (χ2v) is 7.09. The van der Waals surface area contributed by atoms with Crippen LogP contribution < -0.4 is 0 Å². The van der Waals surface area contributed by atoms with Crippen LogP contribution in [-0.2, 0) is 4.79 Å². The minimum absolute atomic E-state index is 0.128. The zero-order chi connectivity index (χ0) is 8.31. The lowest BCUT2D eigenvalue weighted by Gasteiger charge is -2.15. The highest BCUT2D eigenvalue weighted by molar-refractivity contribution is 7.35. The first-order valence-corrected chi connectivity index (χ1v) is 7.09. The topological polar surface area (TPSA) is 37.3 Å². The molecule has 0 aliphatic rings. The summed E-state index contributed by atoms with van der Waals surface area (Å²) < 4.78 is 0. The summed E-state index contributed by atoms with van der Waals surface area (Å²) in [5, 5.41) is 9.00. The molecule has 0 saturated heterocycles. The van der Waals surface area contributed by atoms with Gasteiger partial charge < -0.3 is 5.11 Å². The molecule has 0 aliphatic carbocycles. The fourth-order valence-electron chi connectivity index (χ4n) is 0.728. The third kappa shape index (κ3) is 3.01. The number of carbonyl (C=O) groups excluding carboxylic acids is 1. The largest absolute Gasteiger partial charge is 0.393 e. The van der Waals surface area contributed by atoms with Crippen molar-refractivity contribution in [3.63, 3.8) is 0 Å². The van der Waals surface area contributed by atoms with E-state index in [-0.39, 0.29) is 5.78 Å². The lowest BCUT2D eigenvalue weighted by molar-refractivity contribution is -0.118. The molecular formula is C5H10Cl2O2Si. The number of rotatable bonds is 3. The van der Waals surface area contributed by atoms with Crippen molar-refractivity contribution in [3.8, 4) is 0 Å². The van der Waals surface area contributed by atoms with Crippen molar-refractivity contribution in [2.45, 2.75) is 25.5 Å². The van der Waals surface area contributed by atoms with Gasteiger partial charge in [0.15, 0.2) is 0 Å². The molecular weight excluding hydrogens is 191 g/mol. The van der Waals surface area contributed by atoms with Crippen LogP contribution in [-0.4, -0.2) is 24.4 Å². The van der Waals surface area contributed by atoms with Crippen LogP contribution in [0.15, 0.2) is 0 Å². The van der Waals surface area contributed by atoms with Crippen LogP contribution in [0.25, 0.3) is 0 Å². The van der Waals surface area contributed by atoms with E-state index in [1.807, 2.05) is 0 Å². The zero-order valence-electron chi connectivity index (χ0n) is 5.84. The van der Waals surface area contributed by atoms with Crippen molar-refractivity contribution in [2.75, 3.05) is 0 Å². The molecule has 0 radical (unpaired) electrons. The maximum Gasteiger partial charge on any atom is 0.249 e. The third-order valence-electron chi connectivity index (χ3n) is 1.26. The Bertz CT molecular complexity index is 119. The van der Waals surface area contributed by atoms with Crippen LogP contribution in [0.1, 0.15) is 13.8 Å². The van der Waals surface area contributed by atoms with Gasteiger partial charge >= 0.3 is 0 Å². The van der Waals surface area contributed by atoms with Crippen molar-refractivity contribution in [3.05, 3.63) is 0 Å². The Morgan fingerprint density at radius 1 is 1.60 bits per heavy atom. The smallest absolute Gasteiger partial charge is 0.249 e. The van der Waals surface area contributed by atoms with Gasteiger partial charge in [-0.25, -0.2) is 0 Å². The van der Waals surface area contributed by atoms with Gasteiger partial charge in [-0.15, -0.1) is 22.2 Å². The minimum atomic E-state index is -2.06. The predicted octanol–water partition coefficient (Wildman–Crippen LogP) is 1.02. The van der Waals surface area contributed by atoms with Crippen molar-refractivity contribution < 1.29 is 9.90 Å². The summed E-state index contributed by atoms with van der Waals surface area (Å²) in [7, 11) is -2.06. The van der Waals surface area contributed by atoms with E-state index < -0.39 is 19.1 Å². The molecule has 2 nitrogen and oxygen atoms in total. The van der Waals surface area contributed by atoms with Crippen LogP contribution in [0, 0.1) is 0 Å². The fourth-order valence-corrected chi connectivity index (χ4v) is 3.83. The van der Waals surface area contributed by atoms with Gasteiger partial charge in [0.2, 0.25) is 7.42 Å². The van der Waals surface area contributed by atoms with Crippen LogP contribution in [0.5, 0.6) is 0 Å². The van der Waals surface area contributed by atoms with Crippen molar-refractivity contribution in [1.29, 1.82) is 0 Å². The molecule has 10 heavy (non-hydrogen) atoms. The Kier molecular flexibility index (Phi) is 4.52. The van der Waals surface area contributed by atoms with E-state index in [2.05, 4.69) is 0 Å². The molecule has 0 spiro atoms. The molecule has 0 bridgehead atoms. The number of Topliss-reactive ketones (excluding diaryl/α,β-unsaturated/α-hetero) is 1. The molecule has 0 aliphatic heterocycles. The summed E-state index contributed by atoms with van der Waals surface area (Å²) in [6, 6.07) is 0. The highest BCUT2D eigenvalue weighted by atomic mass is 35.7. The minimum Gasteiger partial charge on any atom is -0.393 e. The molecule has 0 fully saturated rings. The molecule has 0 aromatic carbocycles. The molecule has 5 heteroatoms. The molecule has 0 amide bonds. The lowest BCUT2D eigenvalue weighted by atomic mass is 10.2. The van der Waals surface area contributed by atoms with Gasteiger partial charge in [-0.1, -0.05) is 0 Å². The summed E-state index contributed by atoms with van der Waals surface area (Å²) >= 11 is 11.1. The van der Waals surface area contributed by atoms with Crippen LogP contribution >= 0.6 is 22.2 Å². The zero-order valence-corrected chi connectivity index (χ0v) is 8.51. The predicted molar refractivity (Wildman–Crippen MR) is 45.0 cm³/mol. The number of halogens is 2. The van der Waals surface area contributed by atoms with Gasteiger partial charge in [-0.2, -0.15) is 0 Å². The van der Waals surface area contributed by atoms with Crippen LogP contribution in [0.3, 0.4) is 0 Å². The Balaban J connectivity index is 4.12. The van der Waals surface area contributed by atoms with Gasteiger partial charge in [0.1, 0.15) is 5.78 Å². The summed E-state index contributed by atoms with van der Waals surface area (Å²) in [4.78, 5) is 10.7. The van der Waals surface area contributed by atoms with E-state index in [0.717, 1.165) is 0 Å². The number of hydrogen-bond donors (Lipinski definition) is 1.